The summed E-state index contributed by atoms with van der Waals surface area (Å²) in [6, 6.07) is 5.62. The number of carboxylic acids is 1. The van der Waals surface area contributed by atoms with Crippen molar-refractivity contribution in [2.45, 2.75) is 77.5 Å². The van der Waals surface area contributed by atoms with Crippen LogP contribution in [-0.2, 0) is 25.6 Å². The Labute approximate surface area is 201 Å². The number of rotatable bonds is 11. The Morgan fingerprint density at radius 2 is 1.71 bits per heavy atom. The third kappa shape index (κ3) is 7.55. The summed E-state index contributed by atoms with van der Waals surface area (Å²) >= 11 is 0. The predicted octanol–water partition coefficient (Wildman–Crippen LogP) is 1.30. The number of amides is 3. The van der Waals surface area contributed by atoms with Gasteiger partial charge in [0.15, 0.2) is 0 Å². The molecule has 9 nitrogen and oxygen atoms in total. The maximum absolute atomic E-state index is 13.4. The fourth-order valence-electron chi connectivity index (χ4n) is 4.08. The Morgan fingerprint density at radius 3 is 2.26 bits per heavy atom. The molecule has 1 aliphatic heterocycles. The fraction of sp³-hybridized carbons (Fsp3) is 0.600. The van der Waals surface area contributed by atoms with Crippen LogP contribution in [0, 0.1) is 11.8 Å². The van der Waals surface area contributed by atoms with E-state index in [0.29, 0.717) is 25.8 Å². The van der Waals surface area contributed by atoms with Gasteiger partial charge in [-0.25, -0.2) is 4.79 Å². The number of carbonyl (C=O) groups excluding carboxylic acids is 3. The van der Waals surface area contributed by atoms with Gasteiger partial charge in [-0.05, 0) is 36.7 Å². The monoisotopic (exact) mass is 474 g/mol. The number of nitrogens with zero attached hydrogens (tertiary/aromatic N) is 1. The summed E-state index contributed by atoms with van der Waals surface area (Å²) in [5.41, 5.74) is 6.75. The Morgan fingerprint density at radius 1 is 1.06 bits per heavy atom. The number of hydrogen-bond acceptors (Lipinski definition) is 5. The van der Waals surface area contributed by atoms with Crippen molar-refractivity contribution >= 4 is 23.7 Å². The van der Waals surface area contributed by atoms with Crippen molar-refractivity contribution in [2.75, 3.05) is 6.54 Å². The number of carbonyl (C=O) groups is 4. The number of likely N-dealkylation sites (tertiary alicyclic amines) is 1. The van der Waals surface area contributed by atoms with Crippen molar-refractivity contribution < 1.29 is 24.3 Å². The second-order valence-electron chi connectivity index (χ2n) is 9.74. The van der Waals surface area contributed by atoms with Crippen LogP contribution in [0.2, 0.25) is 0 Å². The molecule has 4 unspecified atom stereocenters. The van der Waals surface area contributed by atoms with Crippen LogP contribution in [0.15, 0.2) is 30.3 Å². The highest BCUT2D eigenvalue weighted by atomic mass is 16.4. The molecule has 4 atom stereocenters. The first-order valence-electron chi connectivity index (χ1n) is 11.9. The smallest absolute Gasteiger partial charge is 0.326 e. The van der Waals surface area contributed by atoms with Crippen LogP contribution in [0.4, 0.5) is 0 Å². The molecule has 188 valence electrons. The molecule has 1 aromatic carbocycles. The van der Waals surface area contributed by atoms with Crippen molar-refractivity contribution in [3.8, 4) is 0 Å². The third-order valence-corrected chi connectivity index (χ3v) is 6.08. The second kappa shape index (κ2) is 12.5. The van der Waals surface area contributed by atoms with Crippen LogP contribution in [-0.4, -0.2) is 64.4 Å². The molecule has 2 rings (SSSR count). The molecule has 0 spiro atoms. The number of hydrogen-bond donors (Lipinski definition) is 4. The van der Waals surface area contributed by atoms with Gasteiger partial charge in [0.25, 0.3) is 0 Å². The van der Waals surface area contributed by atoms with Crippen molar-refractivity contribution in [1.82, 2.24) is 15.5 Å². The van der Waals surface area contributed by atoms with Crippen molar-refractivity contribution in [3.05, 3.63) is 35.9 Å². The highest BCUT2D eigenvalue weighted by molar-refractivity contribution is 5.94. The van der Waals surface area contributed by atoms with Gasteiger partial charge in [0.05, 0.1) is 6.04 Å². The van der Waals surface area contributed by atoms with Gasteiger partial charge in [0.1, 0.15) is 18.1 Å². The summed E-state index contributed by atoms with van der Waals surface area (Å²) in [5, 5.41) is 15.0. The minimum absolute atomic E-state index is 0.0855. The number of nitrogens with two attached hydrogens (primary N) is 1. The second-order valence-corrected chi connectivity index (χ2v) is 9.74. The summed E-state index contributed by atoms with van der Waals surface area (Å²) in [4.78, 5) is 52.3. The van der Waals surface area contributed by atoms with Gasteiger partial charge in [-0.15, -0.1) is 0 Å². The number of benzene rings is 1. The fourth-order valence-corrected chi connectivity index (χ4v) is 4.08. The maximum Gasteiger partial charge on any atom is 0.326 e. The van der Waals surface area contributed by atoms with E-state index in [1.54, 1.807) is 12.1 Å². The summed E-state index contributed by atoms with van der Waals surface area (Å²) < 4.78 is 0. The highest BCUT2D eigenvalue weighted by Crippen LogP contribution is 2.21. The molecule has 1 saturated heterocycles. The lowest BCUT2D eigenvalue weighted by Gasteiger charge is -2.31. The molecule has 1 fully saturated rings. The van der Waals surface area contributed by atoms with E-state index >= 15 is 0 Å². The molecule has 0 aliphatic carbocycles. The van der Waals surface area contributed by atoms with E-state index in [1.807, 2.05) is 45.9 Å². The first kappa shape index (κ1) is 27.3. The van der Waals surface area contributed by atoms with E-state index in [-0.39, 0.29) is 24.2 Å². The van der Waals surface area contributed by atoms with E-state index in [1.165, 1.54) is 4.90 Å². The molecule has 0 aromatic heterocycles. The van der Waals surface area contributed by atoms with Gasteiger partial charge in [0, 0.05) is 13.0 Å². The SMILES string of the molecule is CC(C)CC(NC(=O)C(N)C(C)C)C(=O)N1CCCC1C(=O)NC(Cc1ccccc1)C(=O)O. The first-order chi connectivity index (χ1) is 16.0. The normalized spacial score (nSPS) is 18.4. The summed E-state index contributed by atoms with van der Waals surface area (Å²) in [6.07, 6.45) is 1.60. The van der Waals surface area contributed by atoms with E-state index in [0.717, 1.165) is 5.56 Å². The molecule has 0 radical (unpaired) electrons. The maximum atomic E-state index is 13.4. The van der Waals surface area contributed by atoms with Crippen molar-refractivity contribution in [3.63, 3.8) is 0 Å². The molecule has 34 heavy (non-hydrogen) atoms. The van der Waals surface area contributed by atoms with Gasteiger partial charge < -0.3 is 26.4 Å². The van der Waals surface area contributed by atoms with Crippen molar-refractivity contribution in [1.29, 1.82) is 0 Å². The molecular weight excluding hydrogens is 436 g/mol. The molecule has 1 aromatic rings. The van der Waals surface area contributed by atoms with Gasteiger partial charge in [-0.1, -0.05) is 58.0 Å². The molecular formula is C25H38N4O5. The first-order valence-corrected chi connectivity index (χ1v) is 11.9. The molecule has 5 N–H and O–H groups in total. The lowest BCUT2D eigenvalue weighted by atomic mass is 9.99. The van der Waals surface area contributed by atoms with Crippen LogP contribution in [0.5, 0.6) is 0 Å². The Bertz CT molecular complexity index is 858. The Kier molecular flexibility index (Phi) is 10.0. The molecule has 9 heteroatoms. The van der Waals surface area contributed by atoms with Gasteiger partial charge in [-0.3, -0.25) is 14.4 Å². The van der Waals surface area contributed by atoms with E-state index in [4.69, 9.17) is 5.73 Å². The molecule has 0 saturated carbocycles. The van der Waals surface area contributed by atoms with Gasteiger partial charge >= 0.3 is 5.97 Å². The molecule has 1 heterocycles. The average molecular weight is 475 g/mol. The van der Waals surface area contributed by atoms with E-state index in [9.17, 15) is 24.3 Å². The Hall–Kier alpha value is -2.94. The van der Waals surface area contributed by atoms with E-state index < -0.39 is 42.0 Å². The lowest BCUT2D eigenvalue weighted by Crippen LogP contribution is -2.57. The summed E-state index contributed by atoms with van der Waals surface area (Å²) in [7, 11) is 0. The average Bonchev–Trinajstić information content (AvgIpc) is 3.27. The number of carboxylic acid groups (broad SMARTS) is 1. The Balaban J connectivity index is 2.13. The largest absolute Gasteiger partial charge is 0.480 e. The molecule has 1 aliphatic rings. The topological polar surface area (TPSA) is 142 Å². The zero-order valence-electron chi connectivity index (χ0n) is 20.5. The molecule has 0 bridgehead atoms. The zero-order valence-corrected chi connectivity index (χ0v) is 20.5. The minimum Gasteiger partial charge on any atom is -0.480 e. The summed E-state index contributed by atoms with van der Waals surface area (Å²) in [6.45, 7) is 7.93. The number of nitrogens with one attached hydrogen (secondary N) is 2. The zero-order chi connectivity index (χ0) is 25.4. The van der Waals surface area contributed by atoms with Crippen LogP contribution >= 0.6 is 0 Å². The van der Waals surface area contributed by atoms with Gasteiger partial charge in [0.2, 0.25) is 17.7 Å². The number of aliphatic carboxylic acids is 1. The lowest BCUT2D eigenvalue weighted by molar-refractivity contribution is -0.145. The quantitative estimate of drug-likeness (QED) is 0.381. The highest BCUT2D eigenvalue weighted by Gasteiger charge is 2.39. The molecule has 3 amide bonds. The van der Waals surface area contributed by atoms with Crippen LogP contribution < -0.4 is 16.4 Å². The standard InChI is InChI=1S/C25H38N4O5/c1-15(2)13-18(27-23(31)21(26)16(3)4)24(32)29-12-8-11-20(29)22(30)28-19(25(33)34)14-17-9-6-5-7-10-17/h5-7,9-10,15-16,18-21H,8,11-14,26H2,1-4H3,(H,27,31)(H,28,30)(H,33,34). The summed E-state index contributed by atoms with van der Waals surface area (Å²) in [5.74, 6) is -2.34. The predicted molar refractivity (Wildman–Crippen MR) is 129 cm³/mol. The minimum atomic E-state index is -1.14. The third-order valence-electron chi connectivity index (χ3n) is 6.08. The van der Waals surface area contributed by atoms with E-state index in [2.05, 4.69) is 10.6 Å². The van der Waals surface area contributed by atoms with Crippen molar-refractivity contribution in [2.24, 2.45) is 17.6 Å². The van der Waals surface area contributed by atoms with Gasteiger partial charge in [-0.2, -0.15) is 0 Å². The van der Waals surface area contributed by atoms with Crippen LogP contribution in [0.3, 0.4) is 0 Å². The van der Waals surface area contributed by atoms with Crippen LogP contribution in [0.1, 0.15) is 52.5 Å². The van der Waals surface area contributed by atoms with Crippen LogP contribution in [0.25, 0.3) is 0 Å².